The van der Waals surface area contributed by atoms with Crippen molar-refractivity contribution in [1.82, 2.24) is 0 Å². The zero-order chi connectivity index (χ0) is 8.01. The average Bonchev–Trinajstić information content (AvgIpc) is 2.37. The standard InChI is InChI=1S/C7H6S4/c1-3-4(2)9-6-5(3)10-7(8)11-6/h1-2H3. The first-order valence-corrected chi connectivity index (χ1v) is 6.04. The van der Waals surface area contributed by atoms with Gasteiger partial charge in [0.15, 0.2) is 0 Å². The lowest BCUT2D eigenvalue weighted by molar-refractivity contribution is 1.48. The van der Waals surface area contributed by atoms with E-state index in [1.54, 1.807) is 22.7 Å². The molecule has 0 fully saturated rings. The van der Waals surface area contributed by atoms with E-state index in [0.717, 1.165) is 3.14 Å². The van der Waals surface area contributed by atoms with E-state index in [-0.39, 0.29) is 0 Å². The van der Waals surface area contributed by atoms with Crippen molar-refractivity contribution < 1.29 is 0 Å². The van der Waals surface area contributed by atoms with Gasteiger partial charge < -0.3 is 0 Å². The number of hydrogen-bond acceptors (Lipinski definition) is 4. The number of rotatable bonds is 0. The summed E-state index contributed by atoms with van der Waals surface area (Å²) >= 11 is 10.5. The predicted octanol–water partition coefficient (Wildman–Crippen LogP) is 4.37. The van der Waals surface area contributed by atoms with Gasteiger partial charge >= 0.3 is 0 Å². The molecule has 0 N–H and O–H groups in total. The normalized spacial score (nSPS) is 11.1. The Bertz CT molecular complexity index is 442. The second kappa shape index (κ2) is 2.62. The Morgan fingerprint density at radius 3 is 2.45 bits per heavy atom. The van der Waals surface area contributed by atoms with Crippen LogP contribution in [-0.4, -0.2) is 0 Å². The molecule has 2 aromatic rings. The molecule has 2 aromatic heterocycles. The number of fused-ring (bicyclic) bond motifs is 1. The minimum Gasteiger partial charge on any atom is -0.128 e. The Morgan fingerprint density at radius 2 is 1.82 bits per heavy atom. The molecule has 0 unspecified atom stereocenters. The first kappa shape index (κ1) is 7.86. The van der Waals surface area contributed by atoms with E-state index in [9.17, 15) is 0 Å². The van der Waals surface area contributed by atoms with Gasteiger partial charge in [0.1, 0.15) is 3.14 Å². The van der Waals surface area contributed by atoms with Gasteiger partial charge in [0, 0.05) is 4.88 Å². The van der Waals surface area contributed by atoms with Crippen LogP contribution >= 0.6 is 46.2 Å². The molecule has 4 heteroatoms. The summed E-state index contributed by atoms with van der Waals surface area (Å²) in [7, 11) is 0. The SMILES string of the molecule is Cc1sc2sc(=S)sc2c1C. The molecule has 0 nitrogen and oxygen atoms in total. The van der Waals surface area contributed by atoms with Crippen LogP contribution in [0.25, 0.3) is 8.71 Å². The molecule has 11 heavy (non-hydrogen) atoms. The Balaban J connectivity index is 2.99. The van der Waals surface area contributed by atoms with Crippen LogP contribution in [0.5, 0.6) is 0 Å². The van der Waals surface area contributed by atoms with Crippen LogP contribution in [0.15, 0.2) is 0 Å². The van der Waals surface area contributed by atoms with Gasteiger partial charge in [-0.15, -0.1) is 34.0 Å². The molecule has 0 atom stereocenters. The number of aryl methyl sites for hydroxylation is 2. The quantitative estimate of drug-likeness (QED) is 0.592. The summed E-state index contributed by atoms with van der Waals surface area (Å²) in [4.78, 5) is 1.43. The lowest BCUT2D eigenvalue weighted by Gasteiger charge is -1.83. The van der Waals surface area contributed by atoms with Gasteiger partial charge in [0.25, 0.3) is 0 Å². The first-order valence-electron chi connectivity index (χ1n) is 3.18. The summed E-state index contributed by atoms with van der Waals surface area (Å²) < 4.78 is 3.85. The van der Waals surface area contributed by atoms with Crippen molar-refractivity contribution in [3.05, 3.63) is 13.6 Å². The van der Waals surface area contributed by atoms with Crippen LogP contribution in [0.3, 0.4) is 0 Å². The molecule has 0 amide bonds. The Labute approximate surface area is 82.1 Å². The molecule has 0 radical (unpaired) electrons. The molecule has 0 saturated carbocycles. The molecule has 0 spiro atoms. The number of thiophene rings is 1. The Hall–Kier alpha value is 0.230. The minimum atomic E-state index is 1.05. The highest BCUT2D eigenvalue weighted by Gasteiger charge is 2.06. The zero-order valence-electron chi connectivity index (χ0n) is 6.13. The van der Waals surface area contributed by atoms with Gasteiger partial charge in [-0.1, -0.05) is 12.2 Å². The Morgan fingerprint density at radius 1 is 1.09 bits per heavy atom. The van der Waals surface area contributed by atoms with Gasteiger partial charge in [-0.2, -0.15) is 0 Å². The fourth-order valence-corrected chi connectivity index (χ4v) is 5.51. The van der Waals surface area contributed by atoms with Crippen LogP contribution in [-0.2, 0) is 0 Å². The third-order valence-corrected chi connectivity index (χ3v) is 5.86. The van der Waals surface area contributed by atoms with Crippen LogP contribution < -0.4 is 0 Å². The fraction of sp³-hybridized carbons (Fsp3) is 0.286. The van der Waals surface area contributed by atoms with Crippen LogP contribution in [0, 0.1) is 17.0 Å². The highest BCUT2D eigenvalue weighted by atomic mass is 32.2. The largest absolute Gasteiger partial charge is 0.145 e. The van der Waals surface area contributed by atoms with Crippen molar-refractivity contribution in [2.24, 2.45) is 0 Å². The van der Waals surface area contributed by atoms with Crippen molar-refractivity contribution in [1.29, 1.82) is 0 Å². The van der Waals surface area contributed by atoms with E-state index in [1.165, 1.54) is 19.2 Å². The molecule has 0 saturated heterocycles. The van der Waals surface area contributed by atoms with Crippen molar-refractivity contribution in [2.75, 3.05) is 0 Å². The summed E-state index contributed by atoms with van der Waals surface area (Å²) in [6.07, 6.45) is 0. The van der Waals surface area contributed by atoms with Gasteiger partial charge in [-0.05, 0) is 19.4 Å². The van der Waals surface area contributed by atoms with Crippen molar-refractivity contribution >= 4 is 54.9 Å². The fourth-order valence-electron chi connectivity index (χ4n) is 0.940. The Kier molecular flexibility index (Phi) is 1.87. The molecule has 2 heterocycles. The van der Waals surface area contributed by atoms with Crippen LogP contribution in [0.4, 0.5) is 0 Å². The molecular weight excluding hydrogens is 212 g/mol. The maximum absolute atomic E-state index is 5.11. The molecule has 2 rings (SSSR count). The van der Waals surface area contributed by atoms with Gasteiger partial charge in [0.05, 0.1) is 8.71 Å². The van der Waals surface area contributed by atoms with Crippen LogP contribution in [0.2, 0.25) is 0 Å². The van der Waals surface area contributed by atoms with Crippen molar-refractivity contribution in [3.8, 4) is 0 Å². The van der Waals surface area contributed by atoms with Crippen LogP contribution in [0.1, 0.15) is 10.4 Å². The lowest BCUT2D eigenvalue weighted by atomic mass is 10.3. The van der Waals surface area contributed by atoms with E-state index in [4.69, 9.17) is 12.2 Å². The molecule has 0 aliphatic carbocycles. The average molecular weight is 218 g/mol. The summed E-state index contributed by atoms with van der Waals surface area (Å²) in [5.74, 6) is 0. The maximum atomic E-state index is 5.11. The third-order valence-electron chi connectivity index (χ3n) is 1.66. The van der Waals surface area contributed by atoms with E-state index in [0.29, 0.717) is 0 Å². The first-order chi connectivity index (χ1) is 5.18. The van der Waals surface area contributed by atoms with Gasteiger partial charge in [-0.3, -0.25) is 0 Å². The smallest absolute Gasteiger partial charge is 0.128 e. The maximum Gasteiger partial charge on any atom is 0.145 e. The van der Waals surface area contributed by atoms with Gasteiger partial charge in [-0.25, -0.2) is 0 Å². The topological polar surface area (TPSA) is 0 Å². The van der Waals surface area contributed by atoms with Gasteiger partial charge in [0.2, 0.25) is 0 Å². The minimum absolute atomic E-state index is 1.05. The molecule has 0 bridgehead atoms. The molecule has 58 valence electrons. The summed E-state index contributed by atoms with van der Waals surface area (Å²) in [5.41, 5.74) is 1.42. The number of hydrogen-bond donors (Lipinski definition) is 0. The summed E-state index contributed by atoms with van der Waals surface area (Å²) in [6.45, 7) is 4.34. The van der Waals surface area contributed by atoms with E-state index < -0.39 is 0 Å². The monoisotopic (exact) mass is 218 g/mol. The van der Waals surface area contributed by atoms with E-state index in [1.807, 2.05) is 11.3 Å². The van der Waals surface area contributed by atoms with E-state index >= 15 is 0 Å². The summed E-state index contributed by atoms with van der Waals surface area (Å²) in [5, 5.41) is 0. The predicted molar refractivity (Wildman–Crippen MR) is 57.9 cm³/mol. The third kappa shape index (κ3) is 1.18. The highest BCUT2D eigenvalue weighted by molar-refractivity contribution is 7.77. The molecule has 0 aliphatic heterocycles. The molecule has 0 aromatic carbocycles. The molecule has 0 aliphatic rings. The van der Waals surface area contributed by atoms with Crippen molar-refractivity contribution in [2.45, 2.75) is 13.8 Å². The van der Waals surface area contributed by atoms with E-state index in [2.05, 4.69) is 13.8 Å². The lowest BCUT2D eigenvalue weighted by Crippen LogP contribution is -1.64. The highest BCUT2D eigenvalue weighted by Crippen LogP contribution is 2.38. The van der Waals surface area contributed by atoms with Crippen molar-refractivity contribution in [3.63, 3.8) is 0 Å². The second-order valence-electron chi connectivity index (χ2n) is 2.35. The zero-order valence-corrected chi connectivity index (χ0v) is 9.40. The second-order valence-corrected chi connectivity index (χ2v) is 7.06. The summed E-state index contributed by atoms with van der Waals surface area (Å²) in [6, 6.07) is 0. The molecular formula is C7H6S4.